The van der Waals surface area contributed by atoms with Crippen LogP contribution in [0.25, 0.3) is 0 Å². The summed E-state index contributed by atoms with van der Waals surface area (Å²) in [6, 6.07) is 19.6. The van der Waals surface area contributed by atoms with Crippen molar-refractivity contribution < 1.29 is 9.59 Å². The number of nitrogens with two attached hydrogens (primary N) is 1. The molecule has 35 heavy (non-hydrogen) atoms. The van der Waals surface area contributed by atoms with Gasteiger partial charge in [-0.05, 0) is 61.4 Å². The summed E-state index contributed by atoms with van der Waals surface area (Å²) in [7, 11) is 0. The van der Waals surface area contributed by atoms with Crippen molar-refractivity contribution in [1.29, 1.82) is 0 Å². The third-order valence-corrected chi connectivity index (χ3v) is 6.83. The van der Waals surface area contributed by atoms with E-state index in [0.717, 1.165) is 51.1 Å². The topological polar surface area (TPSA) is 78.7 Å². The lowest BCUT2D eigenvalue weighted by Crippen LogP contribution is -2.47. The largest absolute Gasteiger partial charge is 0.381 e. The molecule has 3 N–H and O–H groups in total. The molecule has 2 aromatic carbocycles. The molecule has 1 heterocycles. The molecule has 0 aliphatic carbocycles. The number of carbonyl (C=O) groups is 2. The molecule has 0 spiro atoms. The number of nitrogens with zero attached hydrogens (tertiary/aromatic N) is 2. The van der Waals surface area contributed by atoms with Gasteiger partial charge in [-0.3, -0.25) is 9.59 Å². The average molecular weight is 478 g/mol. The van der Waals surface area contributed by atoms with E-state index >= 15 is 0 Å². The van der Waals surface area contributed by atoms with Crippen molar-refractivity contribution in [2.45, 2.75) is 59.0 Å². The zero-order valence-corrected chi connectivity index (χ0v) is 21.5. The third-order valence-electron chi connectivity index (χ3n) is 6.83. The molecule has 1 unspecified atom stereocenters. The first-order valence-electron chi connectivity index (χ1n) is 12.9. The highest BCUT2D eigenvalue weighted by Crippen LogP contribution is 2.27. The Hall–Kier alpha value is -3.02. The molecule has 1 aliphatic rings. The highest BCUT2D eigenvalue weighted by molar-refractivity contribution is 5.86. The van der Waals surface area contributed by atoms with Gasteiger partial charge in [0.2, 0.25) is 11.8 Å². The Labute approximate surface area is 210 Å². The molecule has 6 heteroatoms. The van der Waals surface area contributed by atoms with Crippen LogP contribution in [0.4, 0.5) is 11.4 Å². The number of carbonyl (C=O) groups excluding carboxylic acids is 2. The van der Waals surface area contributed by atoms with Crippen molar-refractivity contribution in [1.82, 2.24) is 4.90 Å². The minimum atomic E-state index is -0.366. The number of nitrogens with one attached hydrogen (secondary N) is 1. The number of amides is 2. The summed E-state index contributed by atoms with van der Waals surface area (Å²) in [6.07, 6.45) is 5.03. The number of hydrogen-bond acceptors (Lipinski definition) is 4. The summed E-state index contributed by atoms with van der Waals surface area (Å²) in [4.78, 5) is 28.3. The maximum atomic E-state index is 12.6. The van der Waals surface area contributed by atoms with Gasteiger partial charge in [0.1, 0.15) is 0 Å². The number of anilines is 2. The Kier molecular flexibility index (Phi) is 10.0. The first-order chi connectivity index (χ1) is 16.8. The number of rotatable bonds is 12. The second-order valence-corrected chi connectivity index (χ2v) is 10.1. The van der Waals surface area contributed by atoms with Crippen LogP contribution >= 0.6 is 0 Å². The van der Waals surface area contributed by atoms with E-state index in [1.54, 1.807) is 13.3 Å². The Morgan fingerprint density at radius 3 is 2.31 bits per heavy atom. The molecular weight excluding hydrogens is 436 g/mol. The standard InChI is InChI=1S/C29H41N4O2/c1-22(2)15-20-33(26-12-10-25(11-13-26)31-21-24-7-5-4-6-8-24)27-16-18-32(19-17-27)28(34)14-9-23(3)29(30)35/h4-8,10-14,22-23,27,31H,9,15-21H2,1-3H3,(H2,30,35). The minimum absolute atomic E-state index is 0.0131. The van der Waals surface area contributed by atoms with Crippen molar-refractivity contribution >= 4 is 23.2 Å². The van der Waals surface area contributed by atoms with Crippen LogP contribution in [-0.4, -0.2) is 42.4 Å². The predicted molar refractivity (Wildman–Crippen MR) is 144 cm³/mol. The molecule has 189 valence electrons. The first kappa shape index (κ1) is 26.6. The molecule has 6 nitrogen and oxygen atoms in total. The lowest BCUT2D eigenvalue weighted by atomic mass is 9.99. The van der Waals surface area contributed by atoms with E-state index in [9.17, 15) is 9.59 Å². The van der Waals surface area contributed by atoms with Gasteiger partial charge >= 0.3 is 0 Å². The van der Waals surface area contributed by atoms with Gasteiger partial charge in [0.25, 0.3) is 0 Å². The van der Waals surface area contributed by atoms with E-state index in [0.29, 0.717) is 18.4 Å². The summed E-state index contributed by atoms with van der Waals surface area (Å²) < 4.78 is 0. The van der Waals surface area contributed by atoms with Crippen molar-refractivity contribution in [3.63, 3.8) is 0 Å². The Morgan fingerprint density at radius 1 is 1.06 bits per heavy atom. The Morgan fingerprint density at radius 2 is 1.71 bits per heavy atom. The van der Waals surface area contributed by atoms with E-state index in [1.165, 1.54) is 11.3 Å². The number of benzene rings is 2. The van der Waals surface area contributed by atoms with Crippen molar-refractivity contribution in [3.8, 4) is 0 Å². The number of likely N-dealkylation sites (tertiary alicyclic amines) is 1. The molecule has 1 atom stereocenters. The maximum Gasteiger partial charge on any atom is 0.226 e. The summed E-state index contributed by atoms with van der Waals surface area (Å²) in [5.74, 6) is -0.0325. The van der Waals surface area contributed by atoms with Crippen LogP contribution in [0.2, 0.25) is 0 Å². The van der Waals surface area contributed by atoms with Crippen LogP contribution < -0.4 is 16.0 Å². The second-order valence-electron chi connectivity index (χ2n) is 10.1. The molecular formula is C29H41N4O2. The molecule has 0 bridgehead atoms. The molecule has 1 aliphatic heterocycles. The van der Waals surface area contributed by atoms with Gasteiger partial charge in [-0.15, -0.1) is 0 Å². The molecule has 0 saturated carbocycles. The fraction of sp³-hybridized carbons (Fsp3) is 0.483. The van der Waals surface area contributed by atoms with Gasteiger partial charge in [0, 0.05) is 49.5 Å². The fourth-order valence-electron chi connectivity index (χ4n) is 4.41. The van der Waals surface area contributed by atoms with Gasteiger partial charge in [-0.25, -0.2) is 0 Å². The van der Waals surface area contributed by atoms with Crippen LogP contribution in [0.15, 0.2) is 54.6 Å². The van der Waals surface area contributed by atoms with Gasteiger partial charge in [-0.2, -0.15) is 0 Å². The highest BCUT2D eigenvalue weighted by atomic mass is 16.2. The van der Waals surface area contributed by atoms with E-state index < -0.39 is 0 Å². The van der Waals surface area contributed by atoms with E-state index in [1.807, 2.05) is 11.0 Å². The predicted octanol–water partition coefficient (Wildman–Crippen LogP) is 4.86. The molecule has 1 radical (unpaired) electrons. The lowest BCUT2D eigenvalue weighted by Gasteiger charge is -2.40. The SMILES string of the molecule is CC(C)CCN(c1ccc(NCc2ccccc2)cc1)C1CCN(C(=O)[CH]CC(C)C(N)=O)CC1. The smallest absolute Gasteiger partial charge is 0.226 e. The molecule has 1 saturated heterocycles. The van der Waals surface area contributed by atoms with Crippen LogP contribution in [-0.2, 0) is 16.1 Å². The van der Waals surface area contributed by atoms with Crippen molar-refractivity contribution in [3.05, 3.63) is 66.6 Å². The normalized spacial score (nSPS) is 15.1. The number of piperidine rings is 1. The van der Waals surface area contributed by atoms with Gasteiger partial charge < -0.3 is 20.9 Å². The van der Waals surface area contributed by atoms with Crippen LogP contribution in [0, 0.1) is 18.3 Å². The van der Waals surface area contributed by atoms with Gasteiger partial charge in [0.15, 0.2) is 0 Å². The molecule has 2 aromatic rings. The summed E-state index contributed by atoms with van der Waals surface area (Å²) >= 11 is 0. The van der Waals surface area contributed by atoms with Gasteiger partial charge in [0.05, 0.1) is 6.42 Å². The number of primary amides is 1. The molecule has 2 amide bonds. The lowest BCUT2D eigenvalue weighted by molar-refractivity contribution is -0.129. The van der Waals surface area contributed by atoms with Crippen LogP contribution in [0.3, 0.4) is 0 Å². The van der Waals surface area contributed by atoms with Crippen LogP contribution in [0.1, 0.15) is 52.0 Å². The highest BCUT2D eigenvalue weighted by Gasteiger charge is 2.27. The van der Waals surface area contributed by atoms with Crippen molar-refractivity contribution in [2.75, 3.05) is 29.9 Å². The summed E-state index contributed by atoms with van der Waals surface area (Å²) in [5.41, 5.74) is 8.93. The monoisotopic (exact) mass is 477 g/mol. The quantitative estimate of drug-likeness (QED) is 0.458. The minimum Gasteiger partial charge on any atom is -0.381 e. The Bertz CT molecular complexity index is 921. The zero-order valence-electron chi connectivity index (χ0n) is 21.5. The summed E-state index contributed by atoms with van der Waals surface area (Å²) in [6.45, 7) is 9.57. The fourth-order valence-corrected chi connectivity index (χ4v) is 4.41. The summed E-state index contributed by atoms with van der Waals surface area (Å²) in [5, 5.41) is 3.51. The number of hydrogen-bond donors (Lipinski definition) is 2. The molecule has 1 fully saturated rings. The second kappa shape index (κ2) is 13.2. The third kappa shape index (κ3) is 8.30. The maximum absolute atomic E-state index is 12.6. The van der Waals surface area contributed by atoms with E-state index in [-0.39, 0.29) is 17.7 Å². The van der Waals surface area contributed by atoms with Crippen LogP contribution in [0.5, 0.6) is 0 Å². The zero-order chi connectivity index (χ0) is 25.2. The Balaban J connectivity index is 1.57. The van der Waals surface area contributed by atoms with Gasteiger partial charge in [-0.1, -0.05) is 51.1 Å². The van der Waals surface area contributed by atoms with E-state index in [2.05, 4.69) is 72.6 Å². The van der Waals surface area contributed by atoms with Crippen molar-refractivity contribution in [2.24, 2.45) is 17.6 Å². The molecule has 3 rings (SSSR count). The first-order valence-corrected chi connectivity index (χ1v) is 12.9. The van der Waals surface area contributed by atoms with E-state index in [4.69, 9.17) is 5.73 Å². The molecule has 0 aromatic heterocycles. The average Bonchev–Trinajstić information content (AvgIpc) is 2.87.